The van der Waals surface area contributed by atoms with E-state index in [2.05, 4.69) is 0 Å². The van der Waals surface area contributed by atoms with E-state index in [1.807, 2.05) is 0 Å². The molecule has 0 bridgehead atoms. The van der Waals surface area contributed by atoms with Crippen LogP contribution >= 0.6 is 0 Å². The van der Waals surface area contributed by atoms with Crippen LogP contribution < -0.4 is 40.2 Å². The Labute approximate surface area is 206 Å². The topological polar surface area (TPSA) is 85.7 Å². The number of carbonyl (C=O) groups excluding carboxylic acids is 2. The van der Waals surface area contributed by atoms with Gasteiger partial charge in [-0.15, -0.1) is 0 Å². The molecule has 7 nitrogen and oxygen atoms in total. The van der Waals surface area contributed by atoms with Crippen LogP contribution in [0.4, 0.5) is 4.39 Å². The molecular formula is C23H21FN3NaO4. The number of hydrogen-bond acceptors (Lipinski definition) is 4. The Hall–Kier alpha value is -2.16. The standard InChI is InChI=1S/C23H22FN3O4.Na/c24-14-5-1-12(2-6-14)11-25-10-9-16-17(21(25)29)19(28)23(31)27-18(16)22(30)26(15-7-8-15)20(27)13-3-4-13;/h1-2,5-6,13,15,20,28H,3-4,7-11H2;/q;+1/p-1/t20-;/m0./s1. The molecule has 0 unspecified atom stereocenters. The number of amides is 2. The predicted octanol–water partition coefficient (Wildman–Crippen LogP) is -1.21. The van der Waals surface area contributed by atoms with Crippen LogP contribution in [0.3, 0.4) is 0 Å². The SMILES string of the molecule is O=C1c2c(c3n(c(=O)c2[O-])[C@@H](C2CC2)N(C2CC2)C3=O)CCN1Cc1ccc(F)cc1.[Na+]. The zero-order valence-electron chi connectivity index (χ0n) is 17.8. The van der Waals surface area contributed by atoms with Gasteiger partial charge in [-0.05, 0) is 67.0 Å². The van der Waals surface area contributed by atoms with Gasteiger partial charge in [0.25, 0.3) is 11.8 Å². The first-order chi connectivity index (χ1) is 15.0. The van der Waals surface area contributed by atoms with Gasteiger partial charge >= 0.3 is 29.6 Å². The molecule has 0 radical (unpaired) electrons. The number of aromatic nitrogens is 1. The van der Waals surface area contributed by atoms with Crippen molar-refractivity contribution in [3.8, 4) is 5.75 Å². The molecule has 0 saturated heterocycles. The molecular weight excluding hydrogens is 424 g/mol. The molecule has 9 heteroatoms. The zero-order chi connectivity index (χ0) is 21.4. The van der Waals surface area contributed by atoms with E-state index < -0.39 is 17.2 Å². The van der Waals surface area contributed by atoms with Crippen molar-refractivity contribution < 1.29 is 48.6 Å². The first-order valence-electron chi connectivity index (χ1n) is 10.8. The van der Waals surface area contributed by atoms with Gasteiger partial charge in [0.2, 0.25) is 5.56 Å². The molecule has 2 aliphatic carbocycles. The van der Waals surface area contributed by atoms with Gasteiger partial charge in [-0.3, -0.25) is 19.0 Å². The first-order valence-corrected chi connectivity index (χ1v) is 10.8. The number of carbonyl (C=O) groups is 2. The van der Waals surface area contributed by atoms with Crippen LogP contribution in [0.5, 0.6) is 5.75 Å². The summed E-state index contributed by atoms with van der Waals surface area (Å²) in [4.78, 5) is 43.0. The summed E-state index contributed by atoms with van der Waals surface area (Å²) < 4.78 is 14.6. The van der Waals surface area contributed by atoms with Crippen LogP contribution in [-0.2, 0) is 13.0 Å². The molecule has 0 N–H and O–H groups in total. The predicted molar refractivity (Wildman–Crippen MR) is 106 cm³/mol. The van der Waals surface area contributed by atoms with E-state index in [0.717, 1.165) is 31.2 Å². The number of rotatable bonds is 4. The van der Waals surface area contributed by atoms with Crippen LogP contribution in [0.1, 0.15) is 63.8 Å². The van der Waals surface area contributed by atoms with Crippen LogP contribution in [0.25, 0.3) is 0 Å². The van der Waals surface area contributed by atoms with E-state index in [-0.39, 0.29) is 77.2 Å². The maximum Gasteiger partial charge on any atom is 1.00 e. The van der Waals surface area contributed by atoms with E-state index in [0.29, 0.717) is 18.5 Å². The minimum Gasteiger partial charge on any atom is -0.868 e. The van der Waals surface area contributed by atoms with Gasteiger partial charge in [-0.25, -0.2) is 4.39 Å². The fourth-order valence-electron chi connectivity index (χ4n) is 5.07. The molecule has 0 spiro atoms. The second-order valence-corrected chi connectivity index (χ2v) is 9.00. The van der Waals surface area contributed by atoms with E-state index in [1.54, 1.807) is 17.0 Å². The molecule has 2 aliphatic heterocycles. The summed E-state index contributed by atoms with van der Waals surface area (Å²) >= 11 is 0. The summed E-state index contributed by atoms with van der Waals surface area (Å²) in [5.41, 5.74) is 0.472. The molecule has 160 valence electrons. The van der Waals surface area contributed by atoms with Gasteiger partial charge in [0, 0.05) is 24.7 Å². The summed E-state index contributed by atoms with van der Waals surface area (Å²) in [6.07, 6.45) is 3.65. The molecule has 2 aromatic rings. The Morgan fingerprint density at radius 1 is 1.00 bits per heavy atom. The van der Waals surface area contributed by atoms with Crippen molar-refractivity contribution in [2.45, 2.75) is 50.9 Å². The van der Waals surface area contributed by atoms with E-state index in [1.165, 1.54) is 21.6 Å². The quantitative estimate of drug-likeness (QED) is 0.553. The third kappa shape index (κ3) is 3.23. The van der Waals surface area contributed by atoms with Crippen LogP contribution in [0, 0.1) is 11.7 Å². The summed E-state index contributed by atoms with van der Waals surface area (Å²) in [6.45, 7) is 0.544. The van der Waals surface area contributed by atoms with Crippen molar-refractivity contribution in [1.82, 2.24) is 14.4 Å². The van der Waals surface area contributed by atoms with E-state index in [9.17, 15) is 23.9 Å². The Balaban J connectivity index is 0.00000216. The van der Waals surface area contributed by atoms with Gasteiger partial charge in [0.1, 0.15) is 17.7 Å². The van der Waals surface area contributed by atoms with E-state index in [4.69, 9.17) is 0 Å². The molecule has 1 aromatic carbocycles. The Morgan fingerprint density at radius 3 is 2.31 bits per heavy atom. The molecule has 3 heterocycles. The number of pyridine rings is 1. The number of fused-ring (bicyclic) bond motifs is 3. The summed E-state index contributed by atoms with van der Waals surface area (Å²) in [6, 6.07) is 5.94. The maximum atomic E-state index is 13.4. The number of halogens is 1. The molecule has 2 amide bonds. The van der Waals surface area contributed by atoms with Crippen LogP contribution in [0.15, 0.2) is 29.1 Å². The second kappa shape index (κ2) is 7.71. The first kappa shape index (κ1) is 21.7. The Kier molecular flexibility index (Phi) is 5.22. The van der Waals surface area contributed by atoms with Crippen molar-refractivity contribution in [1.29, 1.82) is 0 Å². The Morgan fingerprint density at radius 2 is 1.69 bits per heavy atom. The van der Waals surface area contributed by atoms with E-state index >= 15 is 0 Å². The molecule has 2 fully saturated rings. The molecule has 1 aromatic heterocycles. The summed E-state index contributed by atoms with van der Waals surface area (Å²) in [7, 11) is 0. The van der Waals surface area contributed by atoms with Gasteiger partial charge in [-0.1, -0.05) is 12.1 Å². The zero-order valence-corrected chi connectivity index (χ0v) is 19.8. The largest absolute Gasteiger partial charge is 1.00 e. The van der Waals surface area contributed by atoms with Gasteiger partial charge in [0.05, 0.1) is 0 Å². The average molecular weight is 445 g/mol. The molecule has 6 rings (SSSR count). The van der Waals surface area contributed by atoms with Crippen LogP contribution in [-0.4, -0.2) is 38.8 Å². The smallest absolute Gasteiger partial charge is 0.868 e. The minimum atomic E-state index is -0.816. The van der Waals surface area contributed by atoms with Crippen LogP contribution in [0.2, 0.25) is 0 Å². The minimum absolute atomic E-state index is 0. The molecule has 1 atom stereocenters. The van der Waals surface area contributed by atoms with Crippen molar-refractivity contribution in [2.24, 2.45) is 5.92 Å². The van der Waals surface area contributed by atoms with Crippen molar-refractivity contribution >= 4 is 11.8 Å². The third-order valence-corrected chi connectivity index (χ3v) is 6.86. The third-order valence-electron chi connectivity index (χ3n) is 6.86. The summed E-state index contributed by atoms with van der Waals surface area (Å²) in [5, 5.41) is 13.1. The van der Waals surface area contributed by atoms with Crippen molar-refractivity contribution in [3.05, 3.63) is 62.8 Å². The molecule has 4 aliphatic rings. The fourth-order valence-corrected chi connectivity index (χ4v) is 5.07. The van der Waals surface area contributed by atoms with Gasteiger partial charge < -0.3 is 14.9 Å². The fraction of sp³-hybridized carbons (Fsp3) is 0.435. The van der Waals surface area contributed by atoms with Gasteiger partial charge in [-0.2, -0.15) is 0 Å². The number of benzene rings is 1. The molecule has 2 saturated carbocycles. The number of nitrogens with zero attached hydrogens (tertiary/aromatic N) is 3. The second-order valence-electron chi connectivity index (χ2n) is 9.00. The Bertz CT molecular complexity index is 1190. The normalized spacial score (nSPS) is 22.0. The monoisotopic (exact) mass is 445 g/mol. The molecule has 32 heavy (non-hydrogen) atoms. The van der Waals surface area contributed by atoms with Crippen molar-refractivity contribution in [3.63, 3.8) is 0 Å². The average Bonchev–Trinajstić information content (AvgIpc) is 3.67. The summed E-state index contributed by atoms with van der Waals surface area (Å²) in [5.74, 6) is -1.73. The van der Waals surface area contributed by atoms with Crippen molar-refractivity contribution in [2.75, 3.05) is 6.54 Å². The maximum absolute atomic E-state index is 13.4. The number of hydrogen-bond donors (Lipinski definition) is 0. The van der Waals surface area contributed by atoms with Gasteiger partial charge in [0.15, 0.2) is 0 Å².